The number of benzene rings is 1. The van der Waals surface area contributed by atoms with E-state index in [0.717, 1.165) is 36.9 Å². The molecule has 1 amide bonds. The van der Waals surface area contributed by atoms with Gasteiger partial charge in [0.2, 0.25) is 11.8 Å². The summed E-state index contributed by atoms with van der Waals surface area (Å²) in [5.41, 5.74) is 1.68. The number of oxazole rings is 1. The summed E-state index contributed by atoms with van der Waals surface area (Å²) in [5.74, 6) is 1.44. The molecule has 0 atom stereocenters. The molecular weight excluding hydrogens is 487 g/mol. The minimum absolute atomic E-state index is 0.104. The summed E-state index contributed by atoms with van der Waals surface area (Å²) in [7, 11) is 0. The van der Waals surface area contributed by atoms with Crippen LogP contribution in [0.25, 0.3) is 11.3 Å². The molecule has 1 aliphatic rings. The van der Waals surface area contributed by atoms with Gasteiger partial charge >= 0.3 is 6.08 Å². The first-order chi connectivity index (χ1) is 18.5. The van der Waals surface area contributed by atoms with Gasteiger partial charge in [0, 0.05) is 36.9 Å². The molecule has 1 fully saturated rings. The molecule has 0 unspecified atom stereocenters. The number of halogens is 1. The Morgan fingerprint density at radius 3 is 2.66 bits per heavy atom. The van der Waals surface area contributed by atoms with Crippen molar-refractivity contribution in [1.82, 2.24) is 4.98 Å². The molecule has 38 heavy (non-hydrogen) atoms. The zero-order valence-corrected chi connectivity index (χ0v) is 22.7. The fourth-order valence-corrected chi connectivity index (χ4v) is 3.36. The van der Waals surface area contributed by atoms with E-state index in [1.54, 1.807) is 12.4 Å². The van der Waals surface area contributed by atoms with E-state index in [0.29, 0.717) is 37.7 Å². The Morgan fingerprint density at radius 2 is 2.00 bits per heavy atom. The molecule has 3 rings (SSSR count). The van der Waals surface area contributed by atoms with E-state index in [1.165, 1.54) is 12.8 Å². The Hall–Kier alpha value is -3.75. The van der Waals surface area contributed by atoms with Gasteiger partial charge in [-0.1, -0.05) is 37.2 Å². The number of unbranched alkanes of at least 4 members (excludes halogenated alkanes) is 2. The summed E-state index contributed by atoms with van der Waals surface area (Å²) in [6.07, 6.45) is 10.7. The highest BCUT2D eigenvalue weighted by molar-refractivity contribution is 5.93. The van der Waals surface area contributed by atoms with Crippen LogP contribution in [0.1, 0.15) is 65.2 Å². The molecule has 1 saturated carbocycles. The zero-order chi connectivity index (χ0) is 28.2. The van der Waals surface area contributed by atoms with Gasteiger partial charge in [-0.2, -0.15) is 4.98 Å². The van der Waals surface area contributed by atoms with Crippen molar-refractivity contribution in [3.8, 4) is 17.4 Å². The summed E-state index contributed by atoms with van der Waals surface area (Å²) in [6, 6.07) is 7.74. The number of rotatable bonds is 14. The molecule has 0 aliphatic heterocycles. The summed E-state index contributed by atoms with van der Waals surface area (Å²) in [6.45, 7) is 13.7. The number of nitrogens with zero attached hydrogens (tertiary/aromatic N) is 3. The Morgan fingerprint density at radius 1 is 1.26 bits per heavy atom. The lowest BCUT2D eigenvalue weighted by Crippen LogP contribution is -2.31. The predicted molar refractivity (Wildman–Crippen MR) is 151 cm³/mol. The molecule has 1 heterocycles. The van der Waals surface area contributed by atoms with Crippen molar-refractivity contribution < 1.29 is 23.2 Å². The average Bonchev–Trinajstić information content (AvgIpc) is 3.63. The lowest BCUT2D eigenvalue weighted by Gasteiger charge is -2.23. The number of anilines is 1. The van der Waals surface area contributed by atoms with E-state index in [2.05, 4.69) is 29.9 Å². The second kappa shape index (κ2) is 19.4. The van der Waals surface area contributed by atoms with Crippen LogP contribution in [0.5, 0.6) is 6.08 Å². The van der Waals surface area contributed by atoms with Crippen LogP contribution >= 0.6 is 0 Å². The minimum atomic E-state index is 0.104. The molecule has 208 valence electrons. The van der Waals surface area contributed by atoms with Crippen molar-refractivity contribution >= 4 is 23.7 Å². The highest BCUT2D eigenvalue weighted by Crippen LogP contribution is 2.28. The van der Waals surface area contributed by atoms with Gasteiger partial charge in [-0.3, -0.25) is 10.2 Å². The fraction of sp³-hybridized carbons (Fsp3) is 0.448. The second-order valence-corrected chi connectivity index (χ2v) is 8.34. The Kier molecular flexibility index (Phi) is 16.5. The van der Waals surface area contributed by atoms with E-state index >= 15 is 0 Å². The summed E-state index contributed by atoms with van der Waals surface area (Å²) in [5, 5.41) is 11.7. The molecule has 0 radical (unpaired) electrons. The van der Waals surface area contributed by atoms with E-state index < -0.39 is 0 Å². The number of hydrogen-bond acceptors (Lipinski definition) is 7. The van der Waals surface area contributed by atoms with Gasteiger partial charge in [-0.25, -0.2) is 4.39 Å². The van der Waals surface area contributed by atoms with Crippen molar-refractivity contribution in [2.45, 2.75) is 65.2 Å². The smallest absolute Gasteiger partial charge is 0.394 e. The lowest BCUT2D eigenvalue weighted by atomic mass is 10.1. The first kappa shape index (κ1) is 32.3. The molecule has 8 nitrogen and oxygen atoms in total. The molecule has 1 aromatic heterocycles. The number of nitrogens with one attached hydrogen (secondary N) is 1. The minimum Gasteiger partial charge on any atom is -0.450 e. The Labute approximate surface area is 225 Å². The Bertz CT molecular complexity index is 1000. The standard InChI is InChI=1S/C25H34N4O4.C2H3F.C2H4/c1-3-9-24(30)29(15-7-5-6-12-23(26)33-28-17-19-13-14-19)21-11-8-10-20(16-21)22-18-27-25(32-22)31-4-2;1-2-3;1-2/h8,10-11,16-19,26H,3-7,9,12-15H2,1-2H3;2H,1H2;1-2H2/b26-23?,28-17+;;. The van der Waals surface area contributed by atoms with E-state index in [1.807, 2.05) is 43.0 Å². The van der Waals surface area contributed by atoms with Crippen LogP contribution in [0.15, 0.2) is 66.1 Å². The number of oxime groups is 1. The number of carbonyl (C=O) groups is 1. The molecule has 0 bridgehead atoms. The lowest BCUT2D eigenvalue weighted by molar-refractivity contribution is -0.118. The average molecular weight is 529 g/mol. The molecule has 0 spiro atoms. The first-order valence-corrected chi connectivity index (χ1v) is 13.0. The third-order valence-electron chi connectivity index (χ3n) is 5.30. The highest BCUT2D eigenvalue weighted by Gasteiger charge is 2.19. The number of hydrogen-bond donors (Lipinski definition) is 1. The van der Waals surface area contributed by atoms with Crippen LogP contribution < -0.4 is 9.64 Å². The third-order valence-corrected chi connectivity index (χ3v) is 5.30. The predicted octanol–water partition coefficient (Wildman–Crippen LogP) is 7.73. The monoisotopic (exact) mass is 528 g/mol. The van der Waals surface area contributed by atoms with E-state index in [4.69, 9.17) is 19.4 Å². The fourth-order valence-electron chi connectivity index (χ4n) is 3.36. The summed E-state index contributed by atoms with van der Waals surface area (Å²) >= 11 is 0. The van der Waals surface area contributed by atoms with Crippen LogP contribution in [0.4, 0.5) is 10.1 Å². The largest absolute Gasteiger partial charge is 0.450 e. The van der Waals surface area contributed by atoms with Crippen LogP contribution in [-0.4, -0.2) is 36.2 Å². The second-order valence-electron chi connectivity index (χ2n) is 8.34. The van der Waals surface area contributed by atoms with E-state index in [9.17, 15) is 9.18 Å². The number of carbonyl (C=O) groups excluding carboxylic acids is 1. The molecule has 1 aromatic carbocycles. The van der Waals surface area contributed by atoms with Crippen LogP contribution in [0, 0.1) is 11.3 Å². The molecule has 0 saturated heterocycles. The first-order valence-electron chi connectivity index (χ1n) is 13.0. The molecule has 1 N–H and O–H groups in total. The van der Waals surface area contributed by atoms with Gasteiger partial charge in [0.1, 0.15) is 0 Å². The summed E-state index contributed by atoms with van der Waals surface area (Å²) < 4.78 is 21.0. The number of amides is 1. The van der Waals surface area contributed by atoms with Crippen molar-refractivity contribution in [3.05, 3.63) is 56.5 Å². The molecular formula is C29H41FN4O4. The maximum Gasteiger partial charge on any atom is 0.394 e. The maximum absolute atomic E-state index is 12.8. The molecule has 9 heteroatoms. The van der Waals surface area contributed by atoms with Crippen LogP contribution in [-0.2, 0) is 9.63 Å². The molecule has 2 aromatic rings. The van der Waals surface area contributed by atoms with Crippen LogP contribution in [0.3, 0.4) is 0 Å². The quantitative estimate of drug-likeness (QED) is 0.0889. The number of ether oxygens (including phenoxy) is 1. The Balaban J connectivity index is 0.00000135. The van der Waals surface area contributed by atoms with Crippen molar-refractivity contribution in [1.29, 1.82) is 5.41 Å². The van der Waals surface area contributed by atoms with Crippen LogP contribution in [0.2, 0.25) is 0 Å². The van der Waals surface area contributed by atoms with Gasteiger partial charge in [0.25, 0.3) is 0 Å². The summed E-state index contributed by atoms with van der Waals surface area (Å²) in [4.78, 5) is 23.9. The third kappa shape index (κ3) is 12.5. The van der Waals surface area contributed by atoms with Gasteiger partial charge in [-0.15, -0.1) is 13.2 Å². The topological polar surface area (TPSA) is 101 Å². The van der Waals surface area contributed by atoms with Gasteiger partial charge < -0.3 is 18.9 Å². The maximum atomic E-state index is 12.8. The van der Waals surface area contributed by atoms with Gasteiger partial charge in [-0.05, 0) is 57.1 Å². The van der Waals surface area contributed by atoms with Crippen molar-refractivity contribution in [2.24, 2.45) is 11.1 Å². The number of aromatic nitrogens is 1. The van der Waals surface area contributed by atoms with Gasteiger partial charge in [0.15, 0.2) is 5.76 Å². The highest BCUT2D eigenvalue weighted by atomic mass is 19.1. The van der Waals surface area contributed by atoms with Crippen molar-refractivity contribution in [3.63, 3.8) is 0 Å². The van der Waals surface area contributed by atoms with E-state index in [-0.39, 0.29) is 24.2 Å². The zero-order valence-electron chi connectivity index (χ0n) is 22.7. The normalized spacial score (nSPS) is 12.0. The SMILES string of the molecule is C=C.C=CF.CCCC(=O)N(CCCCCC(=N)O/N=C/C1CC1)c1cccc(-c2cnc(OCC)o2)c1. The van der Waals surface area contributed by atoms with Gasteiger partial charge in [0.05, 0.1) is 19.1 Å². The molecule has 1 aliphatic carbocycles. The van der Waals surface area contributed by atoms with Crippen molar-refractivity contribution in [2.75, 3.05) is 18.1 Å².